The number of hydrogen-bond donors (Lipinski definition) is 1. The zero-order valence-electron chi connectivity index (χ0n) is 14.1. The summed E-state index contributed by atoms with van der Waals surface area (Å²) in [5.41, 5.74) is 2.72. The third-order valence-corrected chi connectivity index (χ3v) is 3.91. The molecule has 0 aliphatic carbocycles. The van der Waals surface area contributed by atoms with Gasteiger partial charge in [0.05, 0.1) is 31.5 Å². The topological polar surface area (TPSA) is 84.5 Å². The van der Waals surface area contributed by atoms with Crippen molar-refractivity contribution in [2.75, 3.05) is 19.1 Å². The van der Waals surface area contributed by atoms with Crippen molar-refractivity contribution in [1.29, 1.82) is 0 Å². The van der Waals surface area contributed by atoms with Crippen LogP contribution in [0.5, 0.6) is 0 Å². The van der Waals surface area contributed by atoms with E-state index in [0.717, 1.165) is 22.2 Å². The number of H-pyrrole nitrogens is 1. The summed E-state index contributed by atoms with van der Waals surface area (Å²) in [7, 11) is 2.54. The van der Waals surface area contributed by atoms with Crippen LogP contribution in [0.15, 0.2) is 54.0 Å². The first-order valence-corrected chi connectivity index (χ1v) is 7.55. The number of carbonyl (C=O) groups excluding carboxylic acids is 2. The minimum Gasteiger partial charge on any atom is -0.465 e. The van der Waals surface area contributed by atoms with E-state index in [2.05, 4.69) is 10.2 Å². The number of benzene rings is 1. The number of nitrogens with one attached hydrogen (secondary N) is 1. The van der Waals surface area contributed by atoms with E-state index in [1.807, 2.05) is 19.1 Å². The Morgan fingerprint density at radius 2 is 1.88 bits per heavy atom. The van der Waals surface area contributed by atoms with Crippen LogP contribution in [0.1, 0.15) is 5.56 Å². The molecular formula is C18H17N3O4. The average molecular weight is 339 g/mol. The van der Waals surface area contributed by atoms with Crippen LogP contribution in [0.4, 0.5) is 5.69 Å². The van der Waals surface area contributed by atoms with Gasteiger partial charge in [-0.1, -0.05) is 6.08 Å². The zero-order chi connectivity index (χ0) is 18.0. The molecule has 25 heavy (non-hydrogen) atoms. The SMILES string of the molecule is COC(=O)C1=C(C(=O)OC)N(c2cc3cn[nH]c3cc2C)C=CC=C1. The molecule has 1 N–H and O–H groups in total. The maximum atomic E-state index is 12.4. The van der Waals surface area contributed by atoms with Crippen molar-refractivity contribution in [3.63, 3.8) is 0 Å². The van der Waals surface area contributed by atoms with E-state index in [0.29, 0.717) is 0 Å². The summed E-state index contributed by atoms with van der Waals surface area (Å²) in [6, 6.07) is 3.82. The third-order valence-electron chi connectivity index (χ3n) is 3.91. The number of nitrogens with zero attached hydrogens (tertiary/aromatic N) is 2. The van der Waals surface area contributed by atoms with Gasteiger partial charge in [-0.2, -0.15) is 5.10 Å². The molecule has 128 valence electrons. The number of anilines is 1. The molecule has 0 atom stereocenters. The Kier molecular flexibility index (Phi) is 4.38. The highest BCUT2D eigenvalue weighted by atomic mass is 16.5. The maximum Gasteiger partial charge on any atom is 0.355 e. The number of aromatic amines is 1. The molecule has 0 spiro atoms. The van der Waals surface area contributed by atoms with E-state index >= 15 is 0 Å². The van der Waals surface area contributed by atoms with Crippen LogP contribution in [-0.2, 0) is 19.1 Å². The number of esters is 2. The molecule has 2 aromatic rings. The second kappa shape index (κ2) is 6.64. The predicted octanol–water partition coefficient (Wildman–Crippen LogP) is 2.36. The number of fused-ring (bicyclic) bond motifs is 1. The molecular weight excluding hydrogens is 322 g/mol. The number of aromatic nitrogens is 2. The van der Waals surface area contributed by atoms with Gasteiger partial charge in [0.2, 0.25) is 0 Å². The molecule has 0 amide bonds. The highest BCUT2D eigenvalue weighted by molar-refractivity contribution is 6.06. The van der Waals surface area contributed by atoms with Crippen LogP contribution in [-0.4, -0.2) is 36.4 Å². The van der Waals surface area contributed by atoms with Crippen LogP contribution in [0.2, 0.25) is 0 Å². The van der Waals surface area contributed by atoms with Gasteiger partial charge in [0.15, 0.2) is 0 Å². The molecule has 1 aromatic heterocycles. The molecule has 3 rings (SSSR count). The molecule has 0 bridgehead atoms. The van der Waals surface area contributed by atoms with Gasteiger partial charge in [-0.15, -0.1) is 0 Å². The summed E-state index contributed by atoms with van der Waals surface area (Å²) in [4.78, 5) is 26.2. The fourth-order valence-electron chi connectivity index (χ4n) is 2.70. The van der Waals surface area contributed by atoms with Gasteiger partial charge in [-0.05, 0) is 36.8 Å². The Bertz CT molecular complexity index is 937. The fraction of sp³-hybridized carbons (Fsp3) is 0.167. The molecule has 1 aliphatic heterocycles. The Morgan fingerprint density at radius 3 is 2.60 bits per heavy atom. The molecule has 0 saturated heterocycles. The molecule has 0 radical (unpaired) electrons. The van der Waals surface area contributed by atoms with E-state index in [1.165, 1.54) is 20.3 Å². The van der Waals surface area contributed by atoms with Crippen LogP contribution < -0.4 is 4.90 Å². The summed E-state index contributed by atoms with van der Waals surface area (Å²) in [6.45, 7) is 1.91. The first-order valence-electron chi connectivity index (χ1n) is 7.55. The van der Waals surface area contributed by atoms with E-state index in [-0.39, 0.29) is 11.3 Å². The largest absolute Gasteiger partial charge is 0.465 e. The highest BCUT2D eigenvalue weighted by Gasteiger charge is 2.28. The van der Waals surface area contributed by atoms with Gasteiger partial charge in [-0.25, -0.2) is 9.59 Å². The maximum absolute atomic E-state index is 12.4. The van der Waals surface area contributed by atoms with E-state index in [1.54, 1.807) is 29.4 Å². The van der Waals surface area contributed by atoms with Crippen molar-refractivity contribution < 1.29 is 19.1 Å². The number of allylic oxidation sites excluding steroid dienone is 2. The minimum absolute atomic E-state index is 0.0882. The molecule has 7 heteroatoms. The third kappa shape index (κ3) is 2.91. The highest BCUT2D eigenvalue weighted by Crippen LogP contribution is 2.31. The number of methoxy groups -OCH3 is 2. The van der Waals surface area contributed by atoms with Gasteiger partial charge in [0, 0.05) is 17.3 Å². The number of hydrogen-bond acceptors (Lipinski definition) is 6. The Morgan fingerprint density at radius 1 is 1.12 bits per heavy atom. The van der Waals surface area contributed by atoms with Gasteiger partial charge < -0.3 is 14.4 Å². The summed E-state index contributed by atoms with van der Waals surface area (Å²) < 4.78 is 9.72. The van der Waals surface area contributed by atoms with Crippen LogP contribution in [0.3, 0.4) is 0 Å². The minimum atomic E-state index is -0.636. The van der Waals surface area contributed by atoms with Crippen molar-refractivity contribution in [2.45, 2.75) is 6.92 Å². The summed E-state index contributed by atoms with van der Waals surface area (Å²) in [5.74, 6) is -1.25. The lowest BCUT2D eigenvalue weighted by atomic mass is 10.1. The Hall–Kier alpha value is -3.35. The lowest BCUT2D eigenvalue weighted by Crippen LogP contribution is -2.27. The molecule has 7 nitrogen and oxygen atoms in total. The van der Waals surface area contributed by atoms with Gasteiger partial charge in [0.25, 0.3) is 0 Å². The molecule has 2 heterocycles. The van der Waals surface area contributed by atoms with Crippen molar-refractivity contribution in [3.05, 3.63) is 59.6 Å². The fourth-order valence-corrected chi connectivity index (χ4v) is 2.70. The van der Waals surface area contributed by atoms with E-state index in [9.17, 15) is 9.59 Å². The number of carbonyl (C=O) groups is 2. The van der Waals surface area contributed by atoms with Crippen molar-refractivity contribution >= 4 is 28.5 Å². The summed E-state index contributed by atoms with van der Waals surface area (Å²) >= 11 is 0. The average Bonchev–Trinajstić information content (AvgIpc) is 2.95. The second-order valence-electron chi connectivity index (χ2n) is 5.41. The quantitative estimate of drug-likeness (QED) is 0.864. The van der Waals surface area contributed by atoms with Gasteiger partial charge >= 0.3 is 11.9 Å². The lowest BCUT2D eigenvalue weighted by Gasteiger charge is -2.24. The molecule has 0 saturated carbocycles. The smallest absolute Gasteiger partial charge is 0.355 e. The Labute approximate surface area is 144 Å². The molecule has 1 aromatic carbocycles. The Balaban J connectivity index is 2.24. The lowest BCUT2D eigenvalue weighted by molar-refractivity contribution is -0.139. The number of rotatable bonds is 3. The zero-order valence-corrected chi connectivity index (χ0v) is 14.1. The van der Waals surface area contributed by atoms with Crippen LogP contribution in [0, 0.1) is 6.92 Å². The second-order valence-corrected chi connectivity index (χ2v) is 5.41. The monoisotopic (exact) mass is 339 g/mol. The van der Waals surface area contributed by atoms with Crippen LogP contribution in [0.25, 0.3) is 10.9 Å². The van der Waals surface area contributed by atoms with Crippen LogP contribution >= 0.6 is 0 Å². The summed E-state index contributed by atoms with van der Waals surface area (Å²) in [5, 5.41) is 7.81. The summed E-state index contributed by atoms with van der Waals surface area (Å²) in [6.07, 6.45) is 8.33. The predicted molar refractivity (Wildman–Crippen MR) is 92.6 cm³/mol. The van der Waals surface area contributed by atoms with Crippen molar-refractivity contribution in [3.8, 4) is 0 Å². The van der Waals surface area contributed by atoms with Gasteiger partial charge in [0.1, 0.15) is 5.70 Å². The standard InChI is InChI=1S/C18H17N3O4/c1-11-8-14-12(10-19-20-14)9-15(11)21-7-5-4-6-13(17(22)24-2)16(21)18(23)25-3/h4-10H,1-3H3,(H,19,20). The molecule has 0 unspecified atom stereocenters. The first kappa shape index (κ1) is 16.5. The normalized spacial score (nSPS) is 14.0. The first-order chi connectivity index (χ1) is 12.1. The molecule has 0 fully saturated rings. The van der Waals surface area contributed by atoms with E-state index < -0.39 is 11.9 Å². The number of aryl methyl sites for hydroxylation is 1. The van der Waals surface area contributed by atoms with E-state index in [4.69, 9.17) is 9.47 Å². The van der Waals surface area contributed by atoms with Crippen molar-refractivity contribution in [2.24, 2.45) is 0 Å². The van der Waals surface area contributed by atoms with Gasteiger partial charge in [-0.3, -0.25) is 5.10 Å². The number of ether oxygens (including phenoxy) is 2. The molecule has 1 aliphatic rings. The van der Waals surface area contributed by atoms with Crippen molar-refractivity contribution in [1.82, 2.24) is 10.2 Å².